The largest absolute Gasteiger partial charge is 0.756 e. The zero-order valence-electron chi connectivity index (χ0n) is 39.1. The fourth-order valence-electron chi connectivity index (χ4n) is 6.22. The number of allylic oxidation sites excluding steroid dienone is 10. The van der Waals surface area contributed by atoms with E-state index in [2.05, 4.69) is 74.6 Å². The molecule has 0 spiro atoms. The van der Waals surface area contributed by atoms with Gasteiger partial charge in [-0.2, -0.15) is 0 Å². The zero-order valence-corrected chi connectivity index (χ0v) is 40.0. The van der Waals surface area contributed by atoms with Gasteiger partial charge in [-0.25, -0.2) is 0 Å². The highest BCUT2D eigenvalue weighted by Gasteiger charge is 2.21. The first kappa shape index (κ1) is 57.7. The van der Waals surface area contributed by atoms with E-state index in [1.54, 1.807) is 0 Å². The molecule has 0 aromatic rings. The Morgan fingerprint density at radius 3 is 1.40 bits per heavy atom. The summed E-state index contributed by atoms with van der Waals surface area (Å²) < 4.78 is 33.9. The molecule has 0 radical (unpaired) electrons. The fourth-order valence-corrected chi connectivity index (χ4v) is 6.95. The van der Waals surface area contributed by atoms with Crippen LogP contribution in [0.2, 0.25) is 0 Å². The van der Waals surface area contributed by atoms with Gasteiger partial charge in [0.05, 0.1) is 27.7 Å². The Kier molecular flexibility index (Phi) is 40.4. The van der Waals surface area contributed by atoms with E-state index in [0.717, 1.165) is 64.2 Å². The van der Waals surface area contributed by atoms with E-state index in [4.69, 9.17) is 18.5 Å². The molecule has 0 aromatic carbocycles. The molecule has 0 saturated heterocycles. The summed E-state index contributed by atoms with van der Waals surface area (Å²) in [7, 11) is 1.14. The molecular weight excluding hydrogens is 774 g/mol. The van der Waals surface area contributed by atoms with Crippen molar-refractivity contribution in [3.8, 4) is 0 Å². The van der Waals surface area contributed by atoms with Crippen LogP contribution in [0, 0.1) is 0 Å². The van der Waals surface area contributed by atoms with Gasteiger partial charge in [0.15, 0.2) is 6.10 Å². The summed E-state index contributed by atoms with van der Waals surface area (Å²) in [5.41, 5.74) is 0. The lowest BCUT2D eigenvalue weighted by molar-refractivity contribution is -0.870. The second-order valence-corrected chi connectivity index (χ2v) is 18.5. The minimum Gasteiger partial charge on any atom is -0.756 e. The maximum absolute atomic E-state index is 12.7. The molecule has 9 nitrogen and oxygen atoms in total. The molecule has 348 valence electrons. The quantitative estimate of drug-likeness (QED) is 0.0196. The van der Waals surface area contributed by atoms with Crippen LogP contribution in [-0.2, 0) is 32.7 Å². The number of nitrogens with zero attached hydrogens (tertiary/aromatic N) is 1. The summed E-state index contributed by atoms with van der Waals surface area (Å²) in [6.07, 6.45) is 51.0. The van der Waals surface area contributed by atoms with Crippen LogP contribution in [0.3, 0.4) is 0 Å². The predicted molar refractivity (Wildman–Crippen MR) is 250 cm³/mol. The molecule has 0 bridgehead atoms. The average molecular weight is 864 g/mol. The number of phosphoric ester groups is 1. The van der Waals surface area contributed by atoms with E-state index in [1.807, 2.05) is 21.1 Å². The zero-order chi connectivity index (χ0) is 44.3. The molecule has 0 heterocycles. The highest BCUT2D eigenvalue weighted by atomic mass is 31.2. The van der Waals surface area contributed by atoms with Crippen LogP contribution in [0.5, 0.6) is 0 Å². The summed E-state index contributed by atoms with van der Waals surface area (Å²) in [6.45, 7) is 4.15. The van der Waals surface area contributed by atoms with Crippen LogP contribution >= 0.6 is 7.82 Å². The van der Waals surface area contributed by atoms with Crippen molar-refractivity contribution in [1.29, 1.82) is 0 Å². The number of rotatable bonds is 43. The molecular formula is C50H90NO8P. The molecule has 10 heteroatoms. The second-order valence-electron chi connectivity index (χ2n) is 17.1. The van der Waals surface area contributed by atoms with Crippen molar-refractivity contribution >= 4 is 19.8 Å². The van der Waals surface area contributed by atoms with Gasteiger partial charge < -0.3 is 27.9 Å². The highest BCUT2D eigenvalue weighted by molar-refractivity contribution is 7.45. The van der Waals surface area contributed by atoms with Crippen LogP contribution in [0.4, 0.5) is 0 Å². The summed E-state index contributed by atoms with van der Waals surface area (Å²) in [5.74, 6) is -0.876. The standard InChI is InChI=1S/C50H90NO8P/c1-6-8-10-12-14-16-18-20-22-24-25-27-28-30-32-34-36-38-40-42-49(52)56-46-48(47-58-60(54,55)57-45-44-51(3,4)5)59-50(53)43-41-39-37-35-33-31-29-26-23-21-19-17-15-13-11-9-7-2/h14,16,20-23,25,27,30,32,48H,6-13,15,17-19,24,26,28-29,31,33-47H2,1-5H3/b16-14-,22-20-,23-21-,27-25-,32-30-/t48-/m1/s1. The first-order valence-electron chi connectivity index (χ1n) is 24.0. The number of likely N-dealkylation sites (N-methyl/N-ethyl adjacent to an activating group) is 1. The van der Waals surface area contributed by atoms with E-state index in [9.17, 15) is 19.0 Å². The van der Waals surface area contributed by atoms with Crippen LogP contribution in [-0.4, -0.2) is 70.0 Å². The van der Waals surface area contributed by atoms with Gasteiger partial charge in [0.25, 0.3) is 7.82 Å². The molecule has 0 aliphatic rings. The molecule has 0 aliphatic heterocycles. The second kappa shape index (κ2) is 42.0. The minimum absolute atomic E-state index is 0.0392. The predicted octanol–water partition coefficient (Wildman–Crippen LogP) is 13.4. The van der Waals surface area contributed by atoms with Crippen LogP contribution in [0.15, 0.2) is 60.8 Å². The van der Waals surface area contributed by atoms with Gasteiger partial charge in [-0.3, -0.25) is 14.2 Å². The summed E-state index contributed by atoms with van der Waals surface area (Å²) in [5, 5.41) is 0. The van der Waals surface area contributed by atoms with Crippen LogP contribution in [0.1, 0.15) is 194 Å². The fraction of sp³-hybridized carbons (Fsp3) is 0.760. The topological polar surface area (TPSA) is 111 Å². The van der Waals surface area contributed by atoms with Gasteiger partial charge in [-0.15, -0.1) is 0 Å². The molecule has 0 fully saturated rings. The molecule has 1 unspecified atom stereocenters. The number of ether oxygens (including phenoxy) is 2. The van der Waals surface area contributed by atoms with Gasteiger partial charge in [-0.05, 0) is 83.5 Å². The number of unbranched alkanes of at least 4 members (excludes halogenated alkanes) is 19. The van der Waals surface area contributed by atoms with Crippen molar-refractivity contribution in [2.75, 3.05) is 47.5 Å². The molecule has 0 aliphatic carbocycles. The molecule has 0 amide bonds. The normalized spacial score (nSPS) is 14.0. The van der Waals surface area contributed by atoms with E-state index >= 15 is 0 Å². The molecule has 60 heavy (non-hydrogen) atoms. The van der Waals surface area contributed by atoms with Gasteiger partial charge in [0.2, 0.25) is 0 Å². The number of hydrogen-bond donors (Lipinski definition) is 0. The van der Waals surface area contributed by atoms with Gasteiger partial charge >= 0.3 is 11.9 Å². The van der Waals surface area contributed by atoms with Gasteiger partial charge in [0.1, 0.15) is 19.8 Å². The molecule has 2 atom stereocenters. The summed E-state index contributed by atoms with van der Waals surface area (Å²) >= 11 is 0. The third-order valence-corrected chi connectivity index (χ3v) is 11.0. The number of hydrogen-bond acceptors (Lipinski definition) is 8. The Morgan fingerprint density at radius 2 is 0.900 bits per heavy atom. The molecule has 0 aromatic heterocycles. The van der Waals surface area contributed by atoms with Crippen LogP contribution in [0.25, 0.3) is 0 Å². The third-order valence-electron chi connectivity index (χ3n) is 10.0. The Hall–Kier alpha value is -2.29. The smallest absolute Gasteiger partial charge is 0.306 e. The number of esters is 2. The summed E-state index contributed by atoms with van der Waals surface area (Å²) in [4.78, 5) is 37.6. The average Bonchev–Trinajstić information content (AvgIpc) is 3.20. The summed E-state index contributed by atoms with van der Waals surface area (Å²) in [6, 6.07) is 0. The van der Waals surface area contributed by atoms with E-state index in [0.29, 0.717) is 23.9 Å². The number of carbonyl (C=O) groups is 2. The van der Waals surface area contributed by atoms with E-state index in [-0.39, 0.29) is 26.1 Å². The lowest BCUT2D eigenvalue weighted by atomic mass is 10.1. The van der Waals surface area contributed by atoms with Gasteiger partial charge in [0, 0.05) is 12.8 Å². The lowest BCUT2D eigenvalue weighted by Gasteiger charge is -2.28. The van der Waals surface area contributed by atoms with Gasteiger partial charge in [-0.1, -0.05) is 158 Å². The monoisotopic (exact) mass is 864 g/mol. The molecule has 0 saturated carbocycles. The Bertz CT molecular complexity index is 1210. The highest BCUT2D eigenvalue weighted by Crippen LogP contribution is 2.38. The Balaban J connectivity index is 4.38. The third kappa shape index (κ3) is 45.2. The van der Waals surface area contributed by atoms with Crippen molar-refractivity contribution in [3.05, 3.63) is 60.8 Å². The van der Waals surface area contributed by atoms with E-state index in [1.165, 1.54) is 89.9 Å². The minimum atomic E-state index is -4.64. The Labute approximate surface area is 368 Å². The molecule has 0 rings (SSSR count). The van der Waals surface area contributed by atoms with Crippen LogP contribution < -0.4 is 4.89 Å². The van der Waals surface area contributed by atoms with Crippen molar-refractivity contribution in [3.63, 3.8) is 0 Å². The SMILES string of the molecule is CCCCC/C=C\C/C=C\C/C=C\C/C=C\CCCCCC(=O)OC[C@H](COP(=O)([O-])OCC[N+](C)(C)C)OC(=O)CCCCCCCCC/C=C\CCCCCCCC. The first-order chi connectivity index (χ1) is 29.0. The lowest BCUT2D eigenvalue weighted by Crippen LogP contribution is -2.37. The van der Waals surface area contributed by atoms with E-state index < -0.39 is 32.5 Å². The van der Waals surface area contributed by atoms with Crippen molar-refractivity contribution in [2.45, 2.75) is 200 Å². The Morgan fingerprint density at radius 1 is 0.517 bits per heavy atom. The maximum Gasteiger partial charge on any atom is 0.306 e. The number of quaternary nitrogens is 1. The number of phosphoric acid groups is 1. The first-order valence-corrected chi connectivity index (χ1v) is 25.5. The number of carbonyl (C=O) groups excluding carboxylic acids is 2. The van der Waals surface area contributed by atoms with Crippen molar-refractivity contribution in [1.82, 2.24) is 0 Å². The van der Waals surface area contributed by atoms with Crippen molar-refractivity contribution < 1.29 is 42.1 Å². The van der Waals surface area contributed by atoms with Crippen molar-refractivity contribution in [2.24, 2.45) is 0 Å². The maximum atomic E-state index is 12.7. The molecule has 0 N–H and O–H groups in total.